The van der Waals surface area contributed by atoms with Gasteiger partial charge in [0.15, 0.2) is 5.78 Å². The Labute approximate surface area is 117 Å². The minimum Gasteiger partial charge on any atom is -0.460 e. The molecule has 2 aromatic rings. The lowest BCUT2D eigenvalue weighted by Gasteiger charge is -2.27. The van der Waals surface area contributed by atoms with Crippen LogP contribution in [0.25, 0.3) is 23.1 Å². The summed E-state index contributed by atoms with van der Waals surface area (Å²) in [5.41, 5.74) is 1.75. The normalized spacial score (nSPS) is 20.0. The molecule has 0 N–H and O–H groups in total. The van der Waals surface area contributed by atoms with E-state index in [1.807, 2.05) is 0 Å². The minimum absolute atomic E-state index is 0.00780. The van der Waals surface area contributed by atoms with Gasteiger partial charge in [-0.2, -0.15) is 0 Å². The number of Topliss-reactive ketones (excluding diaryl/α,β-unsaturated/α-hetero) is 1. The number of ketones is 1. The molecule has 102 valence electrons. The second-order valence-corrected chi connectivity index (χ2v) is 6.77. The van der Waals surface area contributed by atoms with Crippen LogP contribution in [0.15, 0.2) is 16.5 Å². The highest BCUT2D eigenvalue weighted by Crippen LogP contribution is 2.38. The summed E-state index contributed by atoms with van der Waals surface area (Å²) in [5.74, 6) is 1.11. The molecule has 2 aliphatic carbocycles. The van der Waals surface area contributed by atoms with Crippen molar-refractivity contribution in [3.05, 3.63) is 33.9 Å². The summed E-state index contributed by atoms with van der Waals surface area (Å²) in [6.07, 6.45) is 8.09. The number of carbonyl (C=O) groups is 1. The lowest BCUT2D eigenvalue weighted by atomic mass is 9.76. The maximum Gasteiger partial charge on any atom is 0.167 e. The van der Waals surface area contributed by atoms with Gasteiger partial charge in [0.25, 0.3) is 0 Å². The van der Waals surface area contributed by atoms with Crippen molar-refractivity contribution in [3.63, 3.8) is 0 Å². The first-order valence-corrected chi connectivity index (χ1v) is 7.33. The maximum atomic E-state index is 12.5. The van der Waals surface area contributed by atoms with E-state index in [1.54, 1.807) is 0 Å². The SMILES string of the molecule is CC1(C)CC(=O)c2c(oc3c4c(ccc23)=CCCC=4)C1. The lowest BCUT2D eigenvalue weighted by Crippen LogP contribution is -2.27. The predicted octanol–water partition coefficient (Wildman–Crippen LogP) is 2.94. The van der Waals surface area contributed by atoms with Crippen molar-refractivity contribution in [3.8, 4) is 0 Å². The molecule has 0 saturated carbocycles. The van der Waals surface area contributed by atoms with Gasteiger partial charge in [-0.3, -0.25) is 4.79 Å². The molecule has 0 saturated heterocycles. The number of benzene rings is 1. The first-order chi connectivity index (χ1) is 9.55. The molecule has 20 heavy (non-hydrogen) atoms. The Hall–Kier alpha value is -1.83. The molecular formula is C18H18O2. The predicted molar refractivity (Wildman–Crippen MR) is 80.1 cm³/mol. The van der Waals surface area contributed by atoms with E-state index < -0.39 is 0 Å². The fourth-order valence-corrected chi connectivity index (χ4v) is 3.55. The van der Waals surface area contributed by atoms with Crippen LogP contribution >= 0.6 is 0 Å². The molecule has 0 spiro atoms. The van der Waals surface area contributed by atoms with E-state index >= 15 is 0 Å². The molecule has 1 aromatic carbocycles. The average Bonchev–Trinajstić information content (AvgIpc) is 2.75. The highest BCUT2D eigenvalue weighted by molar-refractivity contribution is 6.09. The van der Waals surface area contributed by atoms with Gasteiger partial charge in [0.2, 0.25) is 0 Å². The van der Waals surface area contributed by atoms with Crippen LogP contribution in [0.3, 0.4) is 0 Å². The van der Waals surface area contributed by atoms with Crippen LogP contribution in [0.4, 0.5) is 0 Å². The van der Waals surface area contributed by atoms with Crippen molar-refractivity contribution in [1.29, 1.82) is 0 Å². The van der Waals surface area contributed by atoms with E-state index in [9.17, 15) is 4.79 Å². The Bertz CT molecular complexity index is 850. The number of rotatable bonds is 0. The fraction of sp³-hybridized carbons (Fsp3) is 0.389. The number of hydrogen-bond donors (Lipinski definition) is 0. The Balaban J connectivity index is 2.10. The minimum atomic E-state index is 0.00780. The summed E-state index contributed by atoms with van der Waals surface area (Å²) in [7, 11) is 0. The third-order valence-corrected chi connectivity index (χ3v) is 4.44. The highest BCUT2D eigenvalue weighted by atomic mass is 16.3. The first kappa shape index (κ1) is 12.0. The average molecular weight is 266 g/mol. The Morgan fingerprint density at radius 1 is 1.10 bits per heavy atom. The summed E-state index contributed by atoms with van der Waals surface area (Å²) < 4.78 is 6.12. The van der Waals surface area contributed by atoms with E-state index in [2.05, 4.69) is 38.1 Å². The van der Waals surface area contributed by atoms with Crippen LogP contribution in [0.2, 0.25) is 0 Å². The molecule has 0 fully saturated rings. The van der Waals surface area contributed by atoms with Gasteiger partial charge in [0.05, 0.1) is 5.56 Å². The topological polar surface area (TPSA) is 30.2 Å². The molecule has 0 atom stereocenters. The summed E-state index contributed by atoms with van der Waals surface area (Å²) in [6.45, 7) is 4.27. The Morgan fingerprint density at radius 2 is 1.90 bits per heavy atom. The zero-order chi connectivity index (χ0) is 13.9. The van der Waals surface area contributed by atoms with E-state index in [1.165, 1.54) is 10.4 Å². The molecular weight excluding hydrogens is 248 g/mol. The van der Waals surface area contributed by atoms with Crippen LogP contribution in [0, 0.1) is 5.41 Å². The van der Waals surface area contributed by atoms with Crippen LogP contribution in [0.1, 0.15) is 49.2 Å². The van der Waals surface area contributed by atoms with Gasteiger partial charge in [0, 0.05) is 23.4 Å². The van der Waals surface area contributed by atoms with E-state index in [0.29, 0.717) is 6.42 Å². The second-order valence-electron chi connectivity index (χ2n) is 6.77. The van der Waals surface area contributed by atoms with Crippen molar-refractivity contribution >= 4 is 28.9 Å². The van der Waals surface area contributed by atoms with Gasteiger partial charge >= 0.3 is 0 Å². The van der Waals surface area contributed by atoms with Gasteiger partial charge in [-0.25, -0.2) is 0 Å². The summed E-state index contributed by atoms with van der Waals surface area (Å²) >= 11 is 0. The number of carbonyl (C=O) groups excluding carboxylic acids is 1. The summed E-state index contributed by atoms with van der Waals surface area (Å²) in [5, 5.41) is 3.42. The maximum absolute atomic E-state index is 12.5. The van der Waals surface area contributed by atoms with Crippen molar-refractivity contribution in [2.45, 2.75) is 39.5 Å². The van der Waals surface area contributed by atoms with E-state index in [-0.39, 0.29) is 11.2 Å². The van der Waals surface area contributed by atoms with Crippen LogP contribution in [-0.2, 0) is 6.42 Å². The standard InChI is InChI=1S/C18H18O2/c1-18(2)9-14(19)16-13-8-7-11-5-3-4-6-12(11)17(13)20-15(16)10-18/h5-8H,3-4,9-10H2,1-2H3. The zero-order valence-corrected chi connectivity index (χ0v) is 12.0. The van der Waals surface area contributed by atoms with E-state index in [4.69, 9.17) is 4.42 Å². The largest absolute Gasteiger partial charge is 0.460 e. The van der Waals surface area contributed by atoms with Crippen LogP contribution in [-0.4, -0.2) is 5.78 Å². The molecule has 0 aliphatic heterocycles. The third kappa shape index (κ3) is 1.60. The lowest BCUT2D eigenvalue weighted by molar-refractivity contribution is 0.0906. The van der Waals surface area contributed by atoms with Crippen LogP contribution < -0.4 is 10.4 Å². The Kier molecular flexibility index (Phi) is 2.30. The number of furan rings is 1. The zero-order valence-electron chi connectivity index (χ0n) is 12.0. The molecule has 2 heteroatoms. The van der Waals surface area contributed by atoms with Crippen LogP contribution in [0.5, 0.6) is 0 Å². The molecule has 0 unspecified atom stereocenters. The molecule has 0 bridgehead atoms. The van der Waals surface area contributed by atoms with Crippen molar-refractivity contribution in [1.82, 2.24) is 0 Å². The van der Waals surface area contributed by atoms with Crippen molar-refractivity contribution in [2.75, 3.05) is 0 Å². The van der Waals surface area contributed by atoms with Gasteiger partial charge in [-0.15, -0.1) is 0 Å². The number of hydrogen-bond acceptors (Lipinski definition) is 2. The van der Waals surface area contributed by atoms with Gasteiger partial charge < -0.3 is 4.42 Å². The van der Waals surface area contributed by atoms with Crippen molar-refractivity contribution < 1.29 is 9.21 Å². The molecule has 2 aliphatic rings. The van der Waals surface area contributed by atoms with E-state index in [0.717, 1.165) is 41.6 Å². The number of fused-ring (bicyclic) bond motifs is 5. The second kappa shape index (κ2) is 3.85. The summed E-state index contributed by atoms with van der Waals surface area (Å²) in [4.78, 5) is 12.5. The molecule has 1 heterocycles. The fourth-order valence-electron chi connectivity index (χ4n) is 3.55. The highest BCUT2D eigenvalue weighted by Gasteiger charge is 2.35. The quantitative estimate of drug-likeness (QED) is 0.734. The molecule has 0 amide bonds. The molecule has 2 nitrogen and oxygen atoms in total. The first-order valence-electron chi connectivity index (χ1n) is 7.33. The Morgan fingerprint density at radius 3 is 2.75 bits per heavy atom. The van der Waals surface area contributed by atoms with Crippen molar-refractivity contribution in [2.24, 2.45) is 5.41 Å². The molecule has 1 aromatic heterocycles. The summed E-state index contributed by atoms with van der Waals surface area (Å²) in [6, 6.07) is 4.18. The molecule has 0 radical (unpaired) electrons. The van der Waals surface area contributed by atoms with Gasteiger partial charge in [-0.05, 0) is 29.5 Å². The van der Waals surface area contributed by atoms with Gasteiger partial charge in [-0.1, -0.05) is 32.1 Å². The molecule has 4 rings (SSSR count). The monoisotopic (exact) mass is 266 g/mol. The third-order valence-electron chi connectivity index (χ3n) is 4.44. The smallest absolute Gasteiger partial charge is 0.167 e. The van der Waals surface area contributed by atoms with Gasteiger partial charge in [0.1, 0.15) is 11.3 Å².